The number of nitrogens with zero attached hydrogens (tertiary/aromatic N) is 3. The molecule has 0 bridgehead atoms. The molecular weight excluding hydrogens is 202 g/mol. The van der Waals surface area contributed by atoms with Crippen LogP contribution in [0.5, 0.6) is 0 Å². The average molecular weight is 219 g/mol. The van der Waals surface area contributed by atoms with E-state index in [1.165, 1.54) is 0 Å². The summed E-state index contributed by atoms with van der Waals surface area (Å²) in [5.74, 6) is 0.249. The number of aliphatic hydroxyl groups is 1. The van der Waals surface area contributed by atoms with Crippen LogP contribution in [0.3, 0.4) is 0 Å². The summed E-state index contributed by atoms with van der Waals surface area (Å²) in [7, 11) is 0. The Morgan fingerprint density at radius 3 is 2.81 bits per heavy atom. The van der Waals surface area contributed by atoms with E-state index in [0.717, 1.165) is 16.9 Å². The number of fused-ring (bicyclic) bond motifs is 1. The first-order valence-electron chi connectivity index (χ1n) is 5.55. The third kappa shape index (κ3) is 2.07. The van der Waals surface area contributed by atoms with Crippen molar-refractivity contribution in [2.24, 2.45) is 5.92 Å². The van der Waals surface area contributed by atoms with Crippen LogP contribution < -0.4 is 0 Å². The van der Waals surface area contributed by atoms with E-state index in [9.17, 15) is 5.11 Å². The molecule has 0 aromatic carbocycles. The predicted molar refractivity (Wildman–Crippen MR) is 62.3 cm³/mol. The molecule has 86 valence electrons. The van der Waals surface area contributed by atoms with Crippen molar-refractivity contribution in [1.82, 2.24) is 14.6 Å². The van der Waals surface area contributed by atoms with Gasteiger partial charge in [0.25, 0.3) is 0 Å². The highest BCUT2D eigenvalue weighted by molar-refractivity contribution is 5.41. The van der Waals surface area contributed by atoms with Gasteiger partial charge in [0.15, 0.2) is 5.65 Å². The molecular formula is C12H17N3O. The minimum atomic E-state index is -0.339. The normalized spacial score (nSPS) is 13.6. The molecule has 4 heteroatoms. The number of aromatic nitrogens is 3. The van der Waals surface area contributed by atoms with E-state index in [-0.39, 0.29) is 12.0 Å². The molecule has 2 heterocycles. The molecule has 1 N–H and O–H groups in total. The minimum Gasteiger partial charge on any atom is -0.392 e. The van der Waals surface area contributed by atoms with Gasteiger partial charge in [0, 0.05) is 12.1 Å². The van der Waals surface area contributed by atoms with Crippen molar-refractivity contribution in [3.8, 4) is 0 Å². The fourth-order valence-corrected chi connectivity index (χ4v) is 1.73. The largest absolute Gasteiger partial charge is 0.392 e. The zero-order valence-electron chi connectivity index (χ0n) is 9.88. The molecule has 0 aliphatic rings. The monoisotopic (exact) mass is 219 g/mol. The van der Waals surface area contributed by atoms with E-state index in [1.807, 2.05) is 32.9 Å². The van der Waals surface area contributed by atoms with Crippen molar-refractivity contribution in [2.75, 3.05) is 0 Å². The van der Waals surface area contributed by atoms with E-state index in [1.54, 1.807) is 10.8 Å². The van der Waals surface area contributed by atoms with Gasteiger partial charge in [-0.1, -0.05) is 13.8 Å². The molecule has 0 saturated carbocycles. The summed E-state index contributed by atoms with van der Waals surface area (Å²) >= 11 is 0. The summed E-state index contributed by atoms with van der Waals surface area (Å²) < 4.78 is 1.79. The first-order valence-corrected chi connectivity index (χ1v) is 5.55. The highest BCUT2D eigenvalue weighted by Crippen LogP contribution is 2.13. The van der Waals surface area contributed by atoms with E-state index < -0.39 is 0 Å². The Bertz CT molecular complexity index is 490. The van der Waals surface area contributed by atoms with Gasteiger partial charge in [-0.2, -0.15) is 5.10 Å². The van der Waals surface area contributed by atoms with E-state index >= 15 is 0 Å². The molecule has 2 aromatic rings. The molecule has 16 heavy (non-hydrogen) atoms. The Kier molecular flexibility index (Phi) is 2.92. The predicted octanol–water partition coefficient (Wildman–Crippen LogP) is 1.60. The fourth-order valence-electron chi connectivity index (χ4n) is 1.73. The zero-order chi connectivity index (χ0) is 11.7. The number of rotatable bonds is 3. The van der Waals surface area contributed by atoms with Gasteiger partial charge >= 0.3 is 0 Å². The molecule has 1 atom stereocenters. The maximum atomic E-state index is 9.91. The number of hydrogen-bond donors (Lipinski definition) is 1. The summed E-state index contributed by atoms with van der Waals surface area (Å²) in [5, 5.41) is 14.1. The number of aliphatic hydroxyl groups excluding tert-OH is 1. The summed E-state index contributed by atoms with van der Waals surface area (Å²) in [6, 6.07) is 4.03. The van der Waals surface area contributed by atoms with Crippen LogP contribution >= 0.6 is 0 Å². The van der Waals surface area contributed by atoms with E-state index in [4.69, 9.17) is 0 Å². The standard InChI is InChI=1S/C12H17N3O/c1-8(2)11(16)6-10-4-9(3)5-12-13-7-14-15(10)12/h4-5,7-8,11,16H,6H2,1-3H3. The Balaban J connectivity index is 2.39. The van der Waals surface area contributed by atoms with Gasteiger partial charge in [0.05, 0.1) is 6.10 Å². The highest BCUT2D eigenvalue weighted by Gasteiger charge is 2.13. The quantitative estimate of drug-likeness (QED) is 0.853. The second kappa shape index (κ2) is 4.22. The van der Waals surface area contributed by atoms with Crippen LogP contribution in [-0.2, 0) is 6.42 Å². The molecule has 0 amide bonds. The van der Waals surface area contributed by atoms with Crippen molar-refractivity contribution >= 4 is 5.65 Å². The van der Waals surface area contributed by atoms with Gasteiger partial charge in [-0.3, -0.25) is 0 Å². The summed E-state index contributed by atoms with van der Waals surface area (Å²) in [6.07, 6.45) is 1.81. The third-order valence-electron chi connectivity index (χ3n) is 2.79. The number of hydrogen-bond acceptors (Lipinski definition) is 3. The first kappa shape index (κ1) is 11.1. The van der Waals surface area contributed by atoms with E-state index in [2.05, 4.69) is 10.1 Å². The van der Waals surface area contributed by atoms with Crippen molar-refractivity contribution in [1.29, 1.82) is 0 Å². The summed E-state index contributed by atoms with van der Waals surface area (Å²) in [5.41, 5.74) is 2.99. The minimum absolute atomic E-state index is 0.249. The second-order valence-corrected chi connectivity index (χ2v) is 4.57. The van der Waals surface area contributed by atoms with Crippen molar-refractivity contribution < 1.29 is 5.11 Å². The van der Waals surface area contributed by atoms with Crippen LogP contribution in [-0.4, -0.2) is 25.8 Å². The lowest BCUT2D eigenvalue weighted by Gasteiger charge is -2.15. The molecule has 0 fully saturated rings. The maximum absolute atomic E-state index is 9.91. The molecule has 0 radical (unpaired) electrons. The molecule has 1 unspecified atom stereocenters. The van der Waals surface area contributed by atoms with Gasteiger partial charge < -0.3 is 5.11 Å². The second-order valence-electron chi connectivity index (χ2n) is 4.57. The van der Waals surface area contributed by atoms with Crippen LogP contribution in [0.15, 0.2) is 18.5 Å². The van der Waals surface area contributed by atoms with Crippen LogP contribution in [0.1, 0.15) is 25.1 Å². The summed E-state index contributed by atoms with van der Waals surface area (Å²) in [4.78, 5) is 4.16. The topological polar surface area (TPSA) is 50.4 Å². The van der Waals surface area contributed by atoms with Crippen molar-refractivity contribution in [3.63, 3.8) is 0 Å². The molecule has 2 rings (SSSR count). The van der Waals surface area contributed by atoms with Gasteiger partial charge in [0.2, 0.25) is 0 Å². The number of pyridine rings is 1. The summed E-state index contributed by atoms with van der Waals surface area (Å²) in [6.45, 7) is 6.05. The van der Waals surface area contributed by atoms with Crippen molar-refractivity contribution in [2.45, 2.75) is 33.3 Å². The van der Waals surface area contributed by atoms with Gasteiger partial charge in [-0.05, 0) is 30.5 Å². The van der Waals surface area contributed by atoms with Crippen LogP contribution in [0.4, 0.5) is 0 Å². The fraction of sp³-hybridized carbons (Fsp3) is 0.500. The van der Waals surface area contributed by atoms with Gasteiger partial charge in [-0.15, -0.1) is 0 Å². The van der Waals surface area contributed by atoms with Crippen LogP contribution in [0, 0.1) is 12.8 Å². The molecule has 0 spiro atoms. The first-order chi connectivity index (χ1) is 7.58. The van der Waals surface area contributed by atoms with Crippen LogP contribution in [0.25, 0.3) is 5.65 Å². The molecule has 0 aliphatic carbocycles. The van der Waals surface area contributed by atoms with Crippen LogP contribution in [0.2, 0.25) is 0 Å². The Labute approximate surface area is 94.9 Å². The average Bonchev–Trinajstić information content (AvgIpc) is 2.65. The van der Waals surface area contributed by atoms with Crippen molar-refractivity contribution in [3.05, 3.63) is 29.7 Å². The maximum Gasteiger partial charge on any atom is 0.155 e. The molecule has 0 aliphatic heterocycles. The van der Waals surface area contributed by atoms with Gasteiger partial charge in [-0.25, -0.2) is 9.50 Å². The lowest BCUT2D eigenvalue weighted by atomic mass is 10.0. The highest BCUT2D eigenvalue weighted by atomic mass is 16.3. The zero-order valence-corrected chi connectivity index (χ0v) is 9.88. The Hall–Kier alpha value is -1.42. The van der Waals surface area contributed by atoms with E-state index in [0.29, 0.717) is 6.42 Å². The van der Waals surface area contributed by atoms with Gasteiger partial charge in [0.1, 0.15) is 6.33 Å². The Morgan fingerprint density at radius 1 is 1.38 bits per heavy atom. The Morgan fingerprint density at radius 2 is 2.12 bits per heavy atom. The SMILES string of the molecule is Cc1cc(CC(O)C(C)C)n2ncnc2c1. The molecule has 0 saturated heterocycles. The lowest BCUT2D eigenvalue weighted by molar-refractivity contribution is 0.124. The smallest absolute Gasteiger partial charge is 0.155 e. The third-order valence-corrected chi connectivity index (χ3v) is 2.79. The lowest BCUT2D eigenvalue weighted by Crippen LogP contribution is -2.19. The number of aryl methyl sites for hydroxylation is 1. The molecule has 4 nitrogen and oxygen atoms in total. The molecule has 2 aromatic heterocycles.